The molecule has 0 radical (unpaired) electrons. The Hall–Kier alpha value is -2.20. The number of rotatable bonds is 6. The van der Waals surface area contributed by atoms with Crippen LogP contribution in [0.25, 0.3) is 0 Å². The summed E-state index contributed by atoms with van der Waals surface area (Å²) in [6.07, 6.45) is 6.44. The van der Waals surface area contributed by atoms with Gasteiger partial charge in [-0.2, -0.15) is 0 Å². The Balaban J connectivity index is 1.50. The SMILES string of the molecule is O=C(Cc1cccnc1)NCc1cccc(CN2CCCC2)c1. The molecule has 0 atom stereocenters. The lowest BCUT2D eigenvalue weighted by Crippen LogP contribution is -2.24. The third-order valence-corrected chi connectivity index (χ3v) is 4.17. The highest BCUT2D eigenvalue weighted by molar-refractivity contribution is 5.78. The molecule has 0 saturated carbocycles. The van der Waals surface area contributed by atoms with Crippen LogP contribution in [0.5, 0.6) is 0 Å². The second-order valence-corrected chi connectivity index (χ2v) is 6.12. The van der Waals surface area contributed by atoms with Crippen LogP contribution in [0.15, 0.2) is 48.8 Å². The number of pyridine rings is 1. The number of hydrogen-bond donors (Lipinski definition) is 1. The number of aromatic nitrogens is 1. The number of amides is 1. The van der Waals surface area contributed by atoms with E-state index in [9.17, 15) is 4.79 Å². The lowest BCUT2D eigenvalue weighted by atomic mass is 10.1. The minimum Gasteiger partial charge on any atom is -0.352 e. The van der Waals surface area contributed by atoms with Gasteiger partial charge >= 0.3 is 0 Å². The van der Waals surface area contributed by atoms with Crippen molar-refractivity contribution in [3.8, 4) is 0 Å². The summed E-state index contributed by atoms with van der Waals surface area (Å²) in [4.78, 5) is 18.5. The molecule has 1 aromatic heterocycles. The molecule has 2 aromatic rings. The zero-order chi connectivity index (χ0) is 15.9. The average Bonchev–Trinajstić information content (AvgIpc) is 3.07. The minimum absolute atomic E-state index is 0.0305. The van der Waals surface area contributed by atoms with Crippen molar-refractivity contribution in [2.75, 3.05) is 13.1 Å². The molecule has 2 heterocycles. The molecule has 120 valence electrons. The fourth-order valence-corrected chi connectivity index (χ4v) is 2.99. The molecule has 1 amide bonds. The molecular formula is C19H23N3O. The molecule has 0 unspecified atom stereocenters. The van der Waals surface area contributed by atoms with E-state index >= 15 is 0 Å². The van der Waals surface area contributed by atoms with E-state index in [0.29, 0.717) is 13.0 Å². The first kappa shape index (κ1) is 15.7. The van der Waals surface area contributed by atoms with E-state index in [-0.39, 0.29) is 5.91 Å². The molecule has 0 aliphatic carbocycles. The Kier molecular flexibility index (Phi) is 5.37. The molecular weight excluding hydrogens is 286 g/mol. The predicted octanol–water partition coefficient (Wildman–Crippen LogP) is 2.54. The van der Waals surface area contributed by atoms with Gasteiger partial charge in [0, 0.05) is 25.5 Å². The van der Waals surface area contributed by atoms with Crippen LogP contribution in [0.2, 0.25) is 0 Å². The van der Waals surface area contributed by atoms with Crippen LogP contribution in [0, 0.1) is 0 Å². The van der Waals surface area contributed by atoms with Gasteiger partial charge in [-0.15, -0.1) is 0 Å². The topological polar surface area (TPSA) is 45.2 Å². The number of likely N-dealkylation sites (tertiary alicyclic amines) is 1. The van der Waals surface area contributed by atoms with Gasteiger partial charge in [-0.05, 0) is 48.7 Å². The van der Waals surface area contributed by atoms with Crippen molar-refractivity contribution < 1.29 is 4.79 Å². The average molecular weight is 309 g/mol. The molecule has 3 rings (SSSR count). The van der Waals surface area contributed by atoms with Crippen molar-refractivity contribution in [2.45, 2.75) is 32.4 Å². The quantitative estimate of drug-likeness (QED) is 0.892. The summed E-state index contributed by atoms with van der Waals surface area (Å²) in [5.41, 5.74) is 3.42. The summed E-state index contributed by atoms with van der Waals surface area (Å²) < 4.78 is 0. The van der Waals surface area contributed by atoms with Crippen molar-refractivity contribution in [1.29, 1.82) is 0 Å². The van der Waals surface area contributed by atoms with E-state index in [4.69, 9.17) is 0 Å². The van der Waals surface area contributed by atoms with E-state index in [0.717, 1.165) is 17.7 Å². The first-order chi connectivity index (χ1) is 11.3. The minimum atomic E-state index is 0.0305. The third kappa shape index (κ3) is 4.89. The smallest absolute Gasteiger partial charge is 0.224 e. The second-order valence-electron chi connectivity index (χ2n) is 6.12. The normalized spacial score (nSPS) is 14.8. The fraction of sp³-hybridized carbons (Fsp3) is 0.368. The van der Waals surface area contributed by atoms with Crippen LogP contribution < -0.4 is 5.32 Å². The largest absolute Gasteiger partial charge is 0.352 e. The van der Waals surface area contributed by atoms with E-state index in [1.54, 1.807) is 12.4 Å². The maximum Gasteiger partial charge on any atom is 0.224 e. The first-order valence-corrected chi connectivity index (χ1v) is 8.25. The highest BCUT2D eigenvalue weighted by Gasteiger charge is 2.11. The van der Waals surface area contributed by atoms with Gasteiger partial charge in [-0.1, -0.05) is 30.3 Å². The highest BCUT2D eigenvalue weighted by Crippen LogP contribution is 2.13. The van der Waals surface area contributed by atoms with Crippen molar-refractivity contribution in [1.82, 2.24) is 15.2 Å². The molecule has 4 nitrogen and oxygen atoms in total. The standard InChI is InChI=1S/C19H23N3O/c23-19(12-17-7-4-8-20-13-17)21-14-16-5-3-6-18(11-16)15-22-9-1-2-10-22/h3-8,11,13H,1-2,9-10,12,14-15H2,(H,21,23). The Bertz CT molecular complexity index is 636. The summed E-state index contributed by atoms with van der Waals surface area (Å²) in [5.74, 6) is 0.0305. The zero-order valence-corrected chi connectivity index (χ0v) is 13.4. The fourth-order valence-electron chi connectivity index (χ4n) is 2.99. The molecule has 0 bridgehead atoms. The van der Waals surface area contributed by atoms with Gasteiger partial charge in [0.05, 0.1) is 6.42 Å². The van der Waals surface area contributed by atoms with Crippen LogP contribution in [0.3, 0.4) is 0 Å². The van der Waals surface area contributed by atoms with E-state index in [1.165, 1.54) is 31.5 Å². The summed E-state index contributed by atoms with van der Waals surface area (Å²) in [6, 6.07) is 12.3. The van der Waals surface area contributed by atoms with Gasteiger partial charge in [0.15, 0.2) is 0 Å². The third-order valence-electron chi connectivity index (χ3n) is 4.17. The summed E-state index contributed by atoms with van der Waals surface area (Å²) >= 11 is 0. The van der Waals surface area contributed by atoms with E-state index < -0.39 is 0 Å². The van der Waals surface area contributed by atoms with Crippen molar-refractivity contribution in [2.24, 2.45) is 0 Å². The first-order valence-electron chi connectivity index (χ1n) is 8.25. The van der Waals surface area contributed by atoms with Gasteiger partial charge in [-0.3, -0.25) is 14.7 Å². The Labute approximate surface area is 137 Å². The highest BCUT2D eigenvalue weighted by atomic mass is 16.1. The number of carbonyl (C=O) groups excluding carboxylic acids is 1. The van der Waals surface area contributed by atoms with Crippen LogP contribution >= 0.6 is 0 Å². The molecule has 1 saturated heterocycles. The van der Waals surface area contributed by atoms with Gasteiger partial charge in [0.1, 0.15) is 0 Å². The van der Waals surface area contributed by atoms with Crippen LogP contribution in [0.4, 0.5) is 0 Å². The second kappa shape index (κ2) is 7.88. The van der Waals surface area contributed by atoms with Gasteiger partial charge in [0.2, 0.25) is 5.91 Å². The van der Waals surface area contributed by atoms with Crippen molar-refractivity contribution in [3.05, 3.63) is 65.5 Å². The molecule has 23 heavy (non-hydrogen) atoms. The molecule has 0 spiro atoms. The number of hydrogen-bond acceptors (Lipinski definition) is 3. The number of carbonyl (C=O) groups is 1. The Morgan fingerprint density at radius 3 is 2.65 bits per heavy atom. The molecule has 1 fully saturated rings. The van der Waals surface area contributed by atoms with Crippen LogP contribution in [0.1, 0.15) is 29.5 Å². The summed E-state index contributed by atoms with van der Waals surface area (Å²) in [5, 5.41) is 2.99. The Morgan fingerprint density at radius 1 is 1.09 bits per heavy atom. The van der Waals surface area contributed by atoms with Crippen LogP contribution in [-0.2, 0) is 24.3 Å². The van der Waals surface area contributed by atoms with Gasteiger partial charge in [-0.25, -0.2) is 0 Å². The lowest BCUT2D eigenvalue weighted by molar-refractivity contribution is -0.120. The van der Waals surface area contributed by atoms with Crippen molar-refractivity contribution in [3.63, 3.8) is 0 Å². The molecule has 1 aromatic carbocycles. The summed E-state index contributed by atoms with van der Waals surface area (Å²) in [7, 11) is 0. The number of nitrogens with zero attached hydrogens (tertiary/aromatic N) is 2. The Morgan fingerprint density at radius 2 is 1.87 bits per heavy atom. The predicted molar refractivity (Wildman–Crippen MR) is 90.7 cm³/mol. The van der Waals surface area contributed by atoms with E-state index in [2.05, 4.69) is 39.5 Å². The van der Waals surface area contributed by atoms with E-state index in [1.807, 2.05) is 12.1 Å². The van der Waals surface area contributed by atoms with Gasteiger partial charge < -0.3 is 5.32 Å². The molecule has 1 aliphatic heterocycles. The van der Waals surface area contributed by atoms with Gasteiger partial charge in [0.25, 0.3) is 0 Å². The number of nitrogens with one attached hydrogen (secondary N) is 1. The molecule has 1 aliphatic rings. The van der Waals surface area contributed by atoms with Crippen LogP contribution in [-0.4, -0.2) is 28.9 Å². The zero-order valence-electron chi connectivity index (χ0n) is 13.4. The monoisotopic (exact) mass is 309 g/mol. The lowest BCUT2D eigenvalue weighted by Gasteiger charge is -2.15. The maximum absolute atomic E-state index is 12.0. The molecule has 4 heteroatoms. The summed E-state index contributed by atoms with van der Waals surface area (Å²) in [6.45, 7) is 3.99. The molecule has 1 N–H and O–H groups in total. The van der Waals surface area contributed by atoms with Crippen molar-refractivity contribution >= 4 is 5.91 Å². The number of benzene rings is 1. The maximum atomic E-state index is 12.0.